The van der Waals surface area contributed by atoms with Crippen LogP contribution in [0.1, 0.15) is 12.6 Å². The van der Waals surface area contributed by atoms with Crippen molar-refractivity contribution >= 4 is 11.6 Å². The van der Waals surface area contributed by atoms with Crippen molar-refractivity contribution in [3.63, 3.8) is 0 Å². The molecule has 0 unspecified atom stereocenters. The number of benzene rings is 1. The number of halogens is 2. The molecule has 0 bridgehead atoms. The van der Waals surface area contributed by atoms with Crippen LogP contribution in [-0.2, 0) is 0 Å². The summed E-state index contributed by atoms with van der Waals surface area (Å²) in [6.07, 6.45) is 0. The van der Waals surface area contributed by atoms with E-state index in [1.807, 2.05) is 6.92 Å². The first-order valence-corrected chi connectivity index (χ1v) is 5.92. The molecule has 0 aliphatic heterocycles. The van der Waals surface area contributed by atoms with Gasteiger partial charge in [-0.25, -0.2) is 14.4 Å². The summed E-state index contributed by atoms with van der Waals surface area (Å²) >= 11 is 5.78. The van der Waals surface area contributed by atoms with Gasteiger partial charge in [-0.3, -0.25) is 0 Å². The molecule has 0 aliphatic carbocycles. The van der Waals surface area contributed by atoms with E-state index in [-0.39, 0.29) is 11.1 Å². The summed E-state index contributed by atoms with van der Waals surface area (Å²) in [5.74, 6) is 0.230. The average molecular weight is 267 g/mol. The summed E-state index contributed by atoms with van der Waals surface area (Å²) in [5.41, 5.74) is 1.49. The Labute approximate surface area is 110 Å². The fourth-order valence-electron chi connectivity index (χ4n) is 1.63. The van der Waals surface area contributed by atoms with Crippen LogP contribution in [0.3, 0.4) is 0 Å². The van der Waals surface area contributed by atoms with Gasteiger partial charge in [0.05, 0.1) is 12.3 Å². The molecule has 0 aliphatic rings. The Morgan fingerprint density at radius 3 is 2.72 bits per heavy atom. The maximum Gasteiger partial charge on any atom is 0.223 e. The Kier molecular flexibility index (Phi) is 3.77. The molecule has 0 fully saturated rings. The third-order valence-electron chi connectivity index (χ3n) is 2.35. The summed E-state index contributed by atoms with van der Waals surface area (Å²) in [5, 5.41) is 0.103. The molecule has 1 aromatic carbocycles. The standard InChI is InChI=1S/C13H12ClFN2O/c1-3-18-9-4-5-11(15)10(7-9)12-6-8(2)16-13(14)17-12/h4-7H,3H2,1-2H3. The fourth-order valence-corrected chi connectivity index (χ4v) is 1.85. The highest BCUT2D eigenvalue weighted by Gasteiger charge is 2.10. The van der Waals surface area contributed by atoms with E-state index in [0.29, 0.717) is 29.3 Å². The summed E-state index contributed by atoms with van der Waals surface area (Å²) in [6, 6.07) is 6.22. The molecule has 0 saturated heterocycles. The lowest BCUT2D eigenvalue weighted by atomic mass is 10.1. The molecule has 0 radical (unpaired) electrons. The minimum absolute atomic E-state index is 0.103. The summed E-state index contributed by atoms with van der Waals surface area (Å²) in [6.45, 7) is 4.17. The van der Waals surface area contributed by atoms with Gasteiger partial charge in [0.25, 0.3) is 0 Å². The third-order valence-corrected chi connectivity index (χ3v) is 2.52. The summed E-state index contributed by atoms with van der Waals surface area (Å²) in [7, 11) is 0. The highest BCUT2D eigenvalue weighted by molar-refractivity contribution is 6.28. The largest absolute Gasteiger partial charge is 0.494 e. The number of aromatic nitrogens is 2. The number of hydrogen-bond donors (Lipinski definition) is 0. The first-order valence-electron chi connectivity index (χ1n) is 5.54. The van der Waals surface area contributed by atoms with E-state index in [1.54, 1.807) is 25.1 Å². The van der Waals surface area contributed by atoms with E-state index in [4.69, 9.17) is 16.3 Å². The van der Waals surface area contributed by atoms with E-state index < -0.39 is 0 Å². The number of nitrogens with zero attached hydrogens (tertiary/aromatic N) is 2. The Hall–Kier alpha value is -1.68. The number of hydrogen-bond acceptors (Lipinski definition) is 3. The summed E-state index contributed by atoms with van der Waals surface area (Å²) < 4.78 is 19.1. The van der Waals surface area contributed by atoms with Crippen LogP contribution in [0, 0.1) is 12.7 Å². The molecular formula is C13H12ClFN2O. The van der Waals surface area contributed by atoms with Gasteiger partial charge in [0.1, 0.15) is 11.6 Å². The van der Waals surface area contributed by atoms with Gasteiger partial charge in [-0.1, -0.05) is 0 Å². The van der Waals surface area contributed by atoms with Crippen molar-refractivity contribution in [2.75, 3.05) is 6.61 Å². The zero-order valence-electron chi connectivity index (χ0n) is 10.1. The topological polar surface area (TPSA) is 35.0 Å². The number of ether oxygens (including phenoxy) is 1. The lowest BCUT2D eigenvalue weighted by Crippen LogP contribution is -1.96. The van der Waals surface area contributed by atoms with Crippen LogP contribution >= 0.6 is 11.6 Å². The number of aryl methyl sites for hydroxylation is 1. The monoisotopic (exact) mass is 266 g/mol. The van der Waals surface area contributed by atoms with Crippen LogP contribution in [-0.4, -0.2) is 16.6 Å². The predicted octanol–water partition coefficient (Wildman–Crippen LogP) is 3.64. The van der Waals surface area contributed by atoms with E-state index in [1.165, 1.54) is 6.07 Å². The van der Waals surface area contributed by atoms with Crippen molar-refractivity contribution in [3.8, 4) is 17.0 Å². The van der Waals surface area contributed by atoms with Gasteiger partial charge in [0, 0.05) is 11.3 Å². The van der Waals surface area contributed by atoms with Gasteiger partial charge in [-0.2, -0.15) is 0 Å². The van der Waals surface area contributed by atoms with Gasteiger partial charge in [0.2, 0.25) is 5.28 Å². The van der Waals surface area contributed by atoms with Gasteiger partial charge in [0.15, 0.2) is 0 Å². The van der Waals surface area contributed by atoms with Crippen molar-refractivity contribution in [2.45, 2.75) is 13.8 Å². The molecule has 3 nitrogen and oxygen atoms in total. The minimum Gasteiger partial charge on any atom is -0.494 e. The molecule has 1 heterocycles. The SMILES string of the molecule is CCOc1ccc(F)c(-c2cc(C)nc(Cl)n2)c1. The van der Waals surface area contributed by atoms with Crippen LogP contribution in [0.15, 0.2) is 24.3 Å². The van der Waals surface area contributed by atoms with Crippen LogP contribution in [0.4, 0.5) is 4.39 Å². The zero-order chi connectivity index (χ0) is 13.1. The van der Waals surface area contributed by atoms with Crippen LogP contribution in [0.25, 0.3) is 11.3 Å². The zero-order valence-corrected chi connectivity index (χ0v) is 10.8. The van der Waals surface area contributed by atoms with Gasteiger partial charge in [-0.05, 0) is 49.7 Å². The normalized spacial score (nSPS) is 10.4. The van der Waals surface area contributed by atoms with Crippen molar-refractivity contribution in [1.29, 1.82) is 0 Å². The van der Waals surface area contributed by atoms with E-state index in [9.17, 15) is 4.39 Å². The maximum atomic E-state index is 13.8. The molecule has 0 N–H and O–H groups in total. The first kappa shape index (κ1) is 12.8. The summed E-state index contributed by atoms with van der Waals surface area (Å²) in [4.78, 5) is 7.97. The van der Waals surface area contributed by atoms with E-state index in [2.05, 4.69) is 9.97 Å². The minimum atomic E-state index is -0.368. The molecule has 2 rings (SSSR count). The molecule has 0 atom stereocenters. The quantitative estimate of drug-likeness (QED) is 0.796. The van der Waals surface area contributed by atoms with Gasteiger partial charge in [-0.15, -0.1) is 0 Å². The third kappa shape index (κ3) is 2.76. The Bertz CT molecular complexity index is 555. The highest BCUT2D eigenvalue weighted by atomic mass is 35.5. The maximum absolute atomic E-state index is 13.8. The van der Waals surface area contributed by atoms with Gasteiger partial charge >= 0.3 is 0 Å². The molecule has 5 heteroatoms. The molecule has 0 saturated carbocycles. The Morgan fingerprint density at radius 1 is 1.28 bits per heavy atom. The van der Waals surface area contributed by atoms with Crippen LogP contribution < -0.4 is 4.74 Å². The lowest BCUT2D eigenvalue weighted by Gasteiger charge is -2.08. The smallest absolute Gasteiger partial charge is 0.223 e. The molecule has 94 valence electrons. The molecule has 2 aromatic rings. The second kappa shape index (κ2) is 5.31. The molecule has 18 heavy (non-hydrogen) atoms. The lowest BCUT2D eigenvalue weighted by molar-refractivity contribution is 0.340. The van der Waals surface area contributed by atoms with Crippen molar-refractivity contribution in [1.82, 2.24) is 9.97 Å². The van der Waals surface area contributed by atoms with E-state index in [0.717, 1.165) is 0 Å². The molecular weight excluding hydrogens is 255 g/mol. The molecule has 0 amide bonds. The molecule has 0 spiro atoms. The second-order valence-corrected chi connectivity index (χ2v) is 4.08. The average Bonchev–Trinajstić information content (AvgIpc) is 2.30. The highest BCUT2D eigenvalue weighted by Crippen LogP contribution is 2.26. The van der Waals surface area contributed by atoms with Gasteiger partial charge < -0.3 is 4.74 Å². The second-order valence-electron chi connectivity index (χ2n) is 3.74. The number of rotatable bonds is 3. The van der Waals surface area contributed by atoms with Crippen molar-refractivity contribution < 1.29 is 9.13 Å². The Morgan fingerprint density at radius 2 is 2.06 bits per heavy atom. The first-order chi connectivity index (χ1) is 8.60. The van der Waals surface area contributed by atoms with Crippen molar-refractivity contribution in [2.24, 2.45) is 0 Å². The fraction of sp³-hybridized carbons (Fsp3) is 0.231. The van der Waals surface area contributed by atoms with Crippen LogP contribution in [0.5, 0.6) is 5.75 Å². The molecule has 1 aromatic heterocycles. The van der Waals surface area contributed by atoms with E-state index >= 15 is 0 Å². The van der Waals surface area contributed by atoms with Crippen LogP contribution in [0.2, 0.25) is 5.28 Å². The predicted molar refractivity (Wildman–Crippen MR) is 68.3 cm³/mol. The van der Waals surface area contributed by atoms with Crippen molar-refractivity contribution in [3.05, 3.63) is 41.1 Å². The Balaban J connectivity index is 2.51.